The number of hydrogen-bond acceptors (Lipinski definition) is 24. The number of guanidine groups is 1. The molecular weight excluding hydrogens is 1220 g/mol. The van der Waals surface area contributed by atoms with Crippen LogP contribution in [-0.4, -0.2) is 181 Å². The summed E-state index contributed by atoms with van der Waals surface area (Å²) in [6.07, 6.45) is 10.1. The van der Waals surface area contributed by atoms with Crippen LogP contribution in [0.2, 0.25) is 0 Å². The number of esters is 4. The van der Waals surface area contributed by atoms with Gasteiger partial charge in [-0.25, -0.2) is 9.59 Å². The maximum atomic E-state index is 11.9. The molecule has 33 heteroatoms. The van der Waals surface area contributed by atoms with Gasteiger partial charge < -0.3 is 118 Å². The first kappa shape index (κ1) is 84.0. The molecule has 0 saturated heterocycles. The van der Waals surface area contributed by atoms with E-state index in [1.54, 1.807) is 24.3 Å². The van der Waals surface area contributed by atoms with E-state index in [0.29, 0.717) is 55.9 Å². The molecular formula is C60H93N13O20. The summed E-state index contributed by atoms with van der Waals surface area (Å²) in [5.41, 5.74) is 62.3. The van der Waals surface area contributed by atoms with Crippen LogP contribution in [-0.2, 0) is 76.7 Å². The number of nitrogens with zero attached hydrogens (tertiary/aromatic N) is 1. The number of aliphatic hydroxyl groups is 1. The number of benzene rings is 3. The first-order chi connectivity index (χ1) is 43.6. The van der Waals surface area contributed by atoms with Crippen molar-refractivity contribution in [3.05, 3.63) is 102 Å². The highest BCUT2D eigenvalue weighted by Crippen LogP contribution is 2.27. The number of para-hydroxylation sites is 1. The van der Waals surface area contributed by atoms with Crippen LogP contribution in [0.3, 0.4) is 0 Å². The molecule has 33 nitrogen and oxygen atoms in total. The van der Waals surface area contributed by atoms with Gasteiger partial charge in [-0.05, 0) is 85.3 Å². The van der Waals surface area contributed by atoms with Crippen LogP contribution in [0.25, 0.3) is 10.9 Å². The lowest BCUT2D eigenvalue weighted by molar-refractivity contribution is -0.162. The number of nitrogens with two attached hydrogens (primary N) is 11. The molecule has 30 N–H and O–H groups in total. The fourth-order valence-electron chi connectivity index (χ4n) is 7.85. The van der Waals surface area contributed by atoms with Crippen LogP contribution in [0.5, 0.6) is 5.75 Å². The van der Waals surface area contributed by atoms with Crippen molar-refractivity contribution in [2.45, 2.75) is 152 Å². The number of rotatable bonds is 29. The standard InChI is InChI=1S/C18H27N3O6.C11H12N2O2.C10H19N5O5.C9H17NO2.C9H11NO2.C3H7NO3/c1-10(2)7-13(19)18(25)27-12-5-3-11(4-6-12)8-14(20)17(24)26-9-15(21)16(22)23;12-9(11(14)15)5-7-6-13-10-4-2-1-3-8(7)10;11-5(2-1-3-15-10(13)14)9(19)20-7(16)4-6(12)8(17)18;2*10-8(9(11)12)6-7-4-2-1-3-5-7;4-2(1-5)3(6)7/h3-6,10,13-15H,7-9,19-21H2,1-2H3,(H,22,23);1-4,6,9,13H,5,12H2,(H,14,15);5-6H,1-4,11-12H2,(H,17,18)(H4,13,14,15);7-8H,1-6,10H2,(H,11,12);1-5,8H,6,10H2,(H,11,12);2,5H,1,4H2,(H,6,7)/t13-,14-,15+;9-;5-,6-;2*8-;2-/m001000/s1. The zero-order valence-corrected chi connectivity index (χ0v) is 52.0. The molecule has 1 saturated carbocycles. The largest absolute Gasteiger partial charge is 0.480 e. The number of carboxylic acids is 6. The minimum Gasteiger partial charge on any atom is -0.480 e. The van der Waals surface area contributed by atoms with E-state index in [1.165, 1.54) is 32.1 Å². The molecule has 0 radical (unpaired) electrons. The smallest absolute Gasteiger partial charge is 0.330 e. The predicted molar refractivity (Wildman–Crippen MR) is 340 cm³/mol. The third-order valence-corrected chi connectivity index (χ3v) is 13.0. The van der Waals surface area contributed by atoms with Crippen molar-refractivity contribution in [3.8, 4) is 5.75 Å². The van der Waals surface area contributed by atoms with Gasteiger partial charge in [0.05, 0.1) is 13.0 Å². The summed E-state index contributed by atoms with van der Waals surface area (Å²) in [4.78, 5) is 115. The van der Waals surface area contributed by atoms with Crippen molar-refractivity contribution in [2.75, 3.05) is 19.8 Å². The Morgan fingerprint density at radius 3 is 1.56 bits per heavy atom. The number of aliphatic carboxylic acids is 6. The van der Waals surface area contributed by atoms with E-state index in [0.717, 1.165) is 22.0 Å². The van der Waals surface area contributed by atoms with Crippen molar-refractivity contribution < 1.29 is 97.9 Å². The Hall–Kier alpha value is -9.03. The number of ether oxygens (including phenoxy) is 3. The molecule has 0 unspecified atom stereocenters. The number of fused-ring (bicyclic) bond motifs is 1. The maximum Gasteiger partial charge on any atom is 0.330 e. The second kappa shape index (κ2) is 46.1. The van der Waals surface area contributed by atoms with Gasteiger partial charge in [0, 0.05) is 30.1 Å². The van der Waals surface area contributed by atoms with E-state index in [2.05, 4.69) is 14.7 Å². The molecule has 93 heavy (non-hydrogen) atoms. The highest BCUT2D eigenvalue weighted by molar-refractivity contribution is 5.91. The first-order valence-corrected chi connectivity index (χ1v) is 29.2. The van der Waals surface area contributed by atoms with Crippen molar-refractivity contribution in [3.63, 3.8) is 0 Å². The number of H-pyrrole nitrogens is 1. The van der Waals surface area contributed by atoms with Crippen LogP contribution in [0.15, 0.2) is 90.1 Å². The first-order valence-electron chi connectivity index (χ1n) is 29.2. The van der Waals surface area contributed by atoms with E-state index < -0.39 is 134 Å². The monoisotopic (exact) mass is 1320 g/mol. The Bertz CT molecular complexity index is 2960. The van der Waals surface area contributed by atoms with Crippen molar-refractivity contribution in [1.29, 1.82) is 0 Å². The Kier molecular flexibility index (Phi) is 41.6. The minimum atomic E-state index is -1.42. The molecule has 3 aromatic carbocycles. The molecule has 518 valence electrons. The van der Waals surface area contributed by atoms with Gasteiger partial charge in [-0.1, -0.05) is 107 Å². The number of carbonyl (C=O) groups excluding carboxylic acids is 4. The fraction of sp³-hybridized carbons (Fsp3) is 0.483. The molecule has 1 aliphatic carbocycles. The van der Waals surface area contributed by atoms with Crippen LogP contribution in [0.4, 0.5) is 0 Å². The van der Waals surface area contributed by atoms with E-state index in [1.807, 2.05) is 74.6 Å². The Labute approximate surface area is 536 Å². The molecule has 0 bridgehead atoms. The number of carboxylic acid groups (broad SMARTS) is 6. The lowest BCUT2D eigenvalue weighted by Crippen LogP contribution is -2.40. The topological polar surface area (TPSA) is 654 Å². The average Bonchev–Trinajstić information content (AvgIpc) is 1.73. The quantitative estimate of drug-likeness (QED) is 0.00739. The molecule has 9 atom stereocenters. The Balaban J connectivity index is 0.00000114. The van der Waals surface area contributed by atoms with Gasteiger partial charge in [0.1, 0.15) is 66.7 Å². The highest BCUT2D eigenvalue weighted by atomic mass is 16.6. The SMILES string of the molecule is CC(C)C[C@H](N)C(=O)Oc1ccc(C[C@H](N)C(=O)OC[C@@H](N)C(=O)O)cc1.NC(N)=NCCC[C@@H](N)C(=O)OC(=O)C[C@@H](N)C(=O)O.N[C@@H](CC1CCCCC1)C(=O)O.N[C@@H](CO)C(=O)O.N[C@@H](Cc1c[nH]c2ccccc12)C(=O)O.N[C@@H](Cc1ccccc1)C(=O)O. The van der Waals surface area contributed by atoms with Crippen LogP contribution >= 0.6 is 0 Å². The second-order valence-corrected chi connectivity index (χ2v) is 21.6. The van der Waals surface area contributed by atoms with Crippen molar-refractivity contribution in [1.82, 2.24) is 4.98 Å². The van der Waals surface area contributed by atoms with Gasteiger partial charge in [-0.15, -0.1) is 0 Å². The van der Waals surface area contributed by atoms with Crippen LogP contribution in [0.1, 0.15) is 94.7 Å². The molecule has 5 rings (SSSR count). The van der Waals surface area contributed by atoms with E-state index in [4.69, 9.17) is 108 Å². The zero-order valence-electron chi connectivity index (χ0n) is 52.0. The minimum absolute atomic E-state index is 0.0704. The van der Waals surface area contributed by atoms with Gasteiger partial charge in [0.25, 0.3) is 0 Å². The summed E-state index contributed by atoms with van der Waals surface area (Å²) in [6.45, 7) is 3.26. The van der Waals surface area contributed by atoms with E-state index in [-0.39, 0.29) is 24.7 Å². The van der Waals surface area contributed by atoms with Gasteiger partial charge in [0.2, 0.25) is 0 Å². The lowest BCUT2D eigenvalue weighted by Gasteiger charge is -2.22. The van der Waals surface area contributed by atoms with Crippen LogP contribution < -0.4 is 67.8 Å². The number of hydrogen-bond donors (Lipinski definition) is 19. The molecule has 1 aliphatic rings. The van der Waals surface area contributed by atoms with Gasteiger partial charge in [0.15, 0.2) is 5.96 Å². The lowest BCUT2D eigenvalue weighted by atomic mass is 9.85. The van der Waals surface area contributed by atoms with Crippen LogP contribution in [0, 0.1) is 11.8 Å². The summed E-state index contributed by atoms with van der Waals surface area (Å²) in [5, 5.41) is 59.9. The number of aromatic amines is 1. The molecule has 4 aromatic rings. The molecule has 0 aliphatic heterocycles. The molecule has 1 fully saturated rings. The molecule has 1 heterocycles. The summed E-state index contributed by atoms with van der Waals surface area (Å²) in [5.74, 6) is -8.74. The average molecular weight is 1320 g/mol. The Morgan fingerprint density at radius 2 is 1.05 bits per heavy atom. The number of carbonyl (C=O) groups is 10. The highest BCUT2D eigenvalue weighted by Gasteiger charge is 2.25. The van der Waals surface area contributed by atoms with Crippen molar-refractivity contribution in [2.24, 2.45) is 79.9 Å². The molecule has 0 spiro atoms. The number of aliphatic hydroxyl groups excluding tert-OH is 1. The van der Waals surface area contributed by atoms with E-state index in [9.17, 15) is 47.9 Å². The van der Waals surface area contributed by atoms with Gasteiger partial charge in [-0.2, -0.15) is 0 Å². The third kappa shape index (κ3) is 38.4. The second-order valence-electron chi connectivity index (χ2n) is 21.6. The number of nitrogens with one attached hydrogen (secondary N) is 1. The number of aliphatic imine (C=N–C) groups is 1. The summed E-state index contributed by atoms with van der Waals surface area (Å²) in [7, 11) is 0. The summed E-state index contributed by atoms with van der Waals surface area (Å²) >= 11 is 0. The number of aromatic nitrogens is 1. The third-order valence-electron chi connectivity index (χ3n) is 13.0. The molecule has 0 amide bonds. The maximum absolute atomic E-state index is 11.9. The Morgan fingerprint density at radius 1 is 0.548 bits per heavy atom. The van der Waals surface area contributed by atoms with Gasteiger partial charge in [-0.3, -0.25) is 43.3 Å². The summed E-state index contributed by atoms with van der Waals surface area (Å²) < 4.78 is 14.4. The zero-order chi connectivity index (χ0) is 70.9. The normalized spacial score (nSPS) is 14.5. The molecule has 1 aromatic heterocycles. The summed E-state index contributed by atoms with van der Waals surface area (Å²) in [6, 6.07) is 14.8. The van der Waals surface area contributed by atoms with Gasteiger partial charge >= 0.3 is 59.7 Å². The predicted octanol–water partition coefficient (Wildman–Crippen LogP) is -1.45. The van der Waals surface area contributed by atoms with Crippen molar-refractivity contribution >= 4 is 76.6 Å². The van der Waals surface area contributed by atoms with E-state index >= 15 is 0 Å². The fourth-order valence-corrected chi connectivity index (χ4v) is 7.85.